The lowest BCUT2D eigenvalue weighted by Crippen LogP contribution is -2.37. The van der Waals surface area contributed by atoms with E-state index in [0.29, 0.717) is 22.3 Å². The molecule has 1 heterocycles. The second kappa shape index (κ2) is 5.51. The third-order valence-electron chi connectivity index (χ3n) is 2.91. The molecule has 2 rings (SSSR count). The molecule has 0 unspecified atom stereocenters. The fourth-order valence-electron chi connectivity index (χ4n) is 1.99. The van der Waals surface area contributed by atoms with E-state index in [1.807, 2.05) is 23.3 Å². The zero-order valence-corrected chi connectivity index (χ0v) is 11.8. The summed E-state index contributed by atoms with van der Waals surface area (Å²) >= 11 is 13.7. The number of thioether (sulfide) groups is 1. The van der Waals surface area contributed by atoms with Gasteiger partial charge in [0.05, 0.1) is 15.8 Å². The normalized spacial score (nSPS) is 14.6. The van der Waals surface area contributed by atoms with Gasteiger partial charge in [0.25, 0.3) is 0 Å². The molecule has 0 aromatic heterocycles. The van der Waals surface area contributed by atoms with Crippen LogP contribution in [-0.2, 0) is 17.8 Å². The van der Waals surface area contributed by atoms with Crippen molar-refractivity contribution < 1.29 is 4.79 Å². The molecule has 0 spiro atoms. The Morgan fingerprint density at radius 2 is 2.24 bits per heavy atom. The molecule has 17 heavy (non-hydrogen) atoms. The molecule has 0 aliphatic carbocycles. The highest BCUT2D eigenvalue weighted by Crippen LogP contribution is 2.32. The molecule has 0 bridgehead atoms. The summed E-state index contributed by atoms with van der Waals surface area (Å²) < 4.78 is 0. The first-order chi connectivity index (χ1) is 8.13. The maximum atomic E-state index is 11.8. The molecular formula is C12H13Cl2NOS. The molecule has 1 amide bonds. The molecule has 1 aromatic rings. The van der Waals surface area contributed by atoms with Crippen molar-refractivity contribution in [2.75, 3.05) is 18.6 Å². The van der Waals surface area contributed by atoms with Gasteiger partial charge in [-0.25, -0.2) is 0 Å². The molecule has 92 valence electrons. The van der Waals surface area contributed by atoms with Gasteiger partial charge in [0.1, 0.15) is 0 Å². The quantitative estimate of drug-likeness (QED) is 0.833. The van der Waals surface area contributed by atoms with Gasteiger partial charge >= 0.3 is 0 Å². The second-order valence-electron chi connectivity index (χ2n) is 4.00. The molecule has 1 aliphatic rings. The van der Waals surface area contributed by atoms with Crippen molar-refractivity contribution in [2.45, 2.75) is 13.0 Å². The Labute approximate surface area is 115 Å². The first-order valence-electron chi connectivity index (χ1n) is 5.36. The maximum absolute atomic E-state index is 11.8. The number of carbonyl (C=O) groups is 1. The standard InChI is InChI=1S/C12H13Cl2NOS/c1-17-7-11(16)15-5-4-8-2-3-10(13)12(14)9(8)6-15/h2-3H,4-7H2,1H3. The predicted octanol–water partition coefficient (Wildman–Crippen LogP) is 3.24. The van der Waals surface area contributed by atoms with Gasteiger partial charge in [-0.2, -0.15) is 11.8 Å². The van der Waals surface area contributed by atoms with Gasteiger partial charge in [-0.3, -0.25) is 4.79 Å². The van der Waals surface area contributed by atoms with Crippen LogP contribution in [0.1, 0.15) is 11.1 Å². The minimum atomic E-state index is 0.166. The van der Waals surface area contributed by atoms with Gasteiger partial charge in [0.2, 0.25) is 5.91 Å². The fraction of sp³-hybridized carbons (Fsp3) is 0.417. The average molecular weight is 290 g/mol. The van der Waals surface area contributed by atoms with Gasteiger partial charge in [0, 0.05) is 13.1 Å². The van der Waals surface area contributed by atoms with Gasteiger partial charge in [-0.1, -0.05) is 29.3 Å². The molecule has 0 radical (unpaired) electrons. The number of amides is 1. The topological polar surface area (TPSA) is 20.3 Å². The lowest BCUT2D eigenvalue weighted by molar-refractivity contribution is -0.129. The summed E-state index contributed by atoms with van der Waals surface area (Å²) in [6.45, 7) is 1.35. The van der Waals surface area contributed by atoms with E-state index in [1.165, 1.54) is 5.56 Å². The lowest BCUT2D eigenvalue weighted by atomic mass is 10.00. The van der Waals surface area contributed by atoms with E-state index in [4.69, 9.17) is 23.2 Å². The molecule has 0 saturated carbocycles. The summed E-state index contributed by atoms with van der Waals surface area (Å²) in [4.78, 5) is 13.7. The maximum Gasteiger partial charge on any atom is 0.232 e. The number of nitrogens with zero attached hydrogens (tertiary/aromatic N) is 1. The number of rotatable bonds is 2. The highest BCUT2D eigenvalue weighted by Gasteiger charge is 2.22. The number of fused-ring (bicyclic) bond motifs is 1. The molecule has 1 aromatic carbocycles. The van der Waals surface area contributed by atoms with E-state index < -0.39 is 0 Å². The van der Waals surface area contributed by atoms with E-state index in [1.54, 1.807) is 11.8 Å². The third kappa shape index (κ3) is 2.72. The monoisotopic (exact) mass is 289 g/mol. The summed E-state index contributed by atoms with van der Waals surface area (Å²) in [7, 11) is 0. The second-order valence-corrected chi connectivity index (χ2v) is 5.65. The van der Waals surface area contributed by atoms with Crippen LogP contribution in [-0.4, -0.2) is 29.4 Å². The fourth-order valence-corrected chi connectivity index (χ4v) is 2.84. The van der Waals surface area contributed by atoms with Gasteiger partial charge in [0.15, 0.2) is 0 Å². The number of benzene rings is 1. The van der Waals surface area contributed by atoms with Gasteiger partial charge in [-0.15, -0.1) is 0 Å². The highest BCUT2D eigenvalue weighted by molar-refractivity contribution is 7.99. The summed E-state index contributed by atoms with van der Waals surface area (Å²) in [5, 5.41) is 1.15. The Balaban J connectivity index is 2.23. The molecular weight excluding hydrogens is 277 g/mol. The van der Waals surface area contributed by atoms with Crippen molar-refractivity contribution in [3.05, 3.63) is 33.3 Å². The van der Waals surface area contributed by atoms with Crippen molar-refractivity contribution in [3.63, 3.8) is 0 Å². The van der Waals surface area contributed by atoms with Gasteiger partial charge < -0.3 is 4.90 Å². The SMILES string of the molecule is CSCC(=O)N1CCc2ccc(Cl)c(Cl)c2C1. The minimum Gasteiger partial charge on any atom is -0.337 e. The van der Waals surface area contributed by atoms with E-state index in [2.05, 4.69) is 0 Å². The lowest BCUT2D eigenvalue weighted by Gasteiger charge is -2.29. The average Bonchev–Trinajstić information content (AvgIpc) is 2.34. The summed E-state index contributed by atoms with van der Waals surface area (Å²) in [5.74, 6) is 0.687. The zero-order valence-electron chi connectivity index (χ0n) is 9.50. The van der Waals surface area contributed by atoms with Crippen LogP contribution >= 0.6 is 35.0 Å². The predicted molar refractivity (Wildman–Crippen MR) is 74.0 cm³/mol. The third-order valence-corrected chi connectivity index (χ3v) is 4.29. The van der Waals surface area contributed by atoms with Gasteiger partial charge in [-0.05, 0) is 29.9 Å². The van der Waals surface area contributed by atoms with Crippen molar-refractivity contribution in [2.24, 2.45) is 0 Å². The zero-order chi connectivity index (χ0) is 12.4. The Morgan fingerprint density at radius 3 is 2.94 bits per heavy atom. The Morgan fingerprint density at radius 1 is 1.47 bits per heavy atom. The molecule has 0 fully saturated rings. The van der Waals surface area contributed by atoms with Crippen LogP contribution in [0.5, 0.6) is 0 Å². The Hall–Kier alpha value is -0.380. The summed E-state index contributed by atoms with van der Waals surface area (Å²) in [6, 6.07) is 3.82. The van der Waals surface area contributed by atoms with E-state index >= 15 is 0 Å². The molecule has 5 heteroatoms. The van der Waals surface area contributed by atoms with E-state index in [-0.39, 0.29) is 5.91 Å². The summed E-state index contributed by atoms with van der Waals surface area (Å²) in [5.41, 5.74) is 2.20. The minimum absolute atomic E-state index is 0.166. The Bertz CT molecular complexity index is 450. The van der Waals surface area contributed by atoms with E-state index in [9.17, 15) is 4.79 Å². The molecule has 2 nitrogen and oxygen atoms in total. The summed E-state index contributed by atoms with van der Waals surface area (Å²) in [6.07, 6.45) is 2.78. The van der Waals surface area contributed by atoms with Crippen molar-refractivity contribution in [1.82, 2.24) is 4.90 Å². The van der Waals surface area contributed by atoms with Crippen LogP contribution < -0.4 is 0 Å². The van der Waals surface area contributed by atoms with Crippen molar-refractivity contribution in [3.8, 4) is 0 Å². The van der Waals surface area contributed by atoms with Crippen molar-refractivity contribution >= 4 is 40.9 Å². The van der Waals surface area contributed by atoms with Crippen LogP contribution in [0.4, 0.5) is 0 Å². The first kappa shape index (κ1) is 13.1. The number of carbonyl (C=O) groups excluding carboxylic acids is 1. The highest BCUT2D eigenvalue weighted by atomic mass is 35.5. The van der Waals surface area contributed by atoms with Crippen molar-refractivity contribution in [1.29, 1.82) is 0 Å². The largest absolute Gasteiger partial charge is 0.337 e. The number of hydrogen-bond acceptors (Lipinski definition) is 2. The van der Waals surface area contributed by atoms with Crippen LogP contribution in [0.25, 0.3) is 0 Å². The van der Waals surface area contributed by atoms with Crippen LogP contribution in [0.3, 0.4) is 0 Å². The van der Waals surface area contributed by atoms with Crippen LogP contribution in [0.2, 0.25) is 10.0 Å². The van der Waals surface area contributed by atoms with E-state index in [0.717, 1.165) is 18.5 Å². The first-order valence-corrected chi connectivity index (χ1v) is 7.51. The van der Waals surface area contributed by atoms with Crippen LogP contribution in [0.15, 0.2) is 12.1 Å². The molecule has 0 N–H and O–H groups in total. The smallest absolute Gasteiger partial charge is 0.232 e. The molecule has 1 aliphatic heterocycles. The molecule has 0 atom stereocenters. The number of halogens is 2. The number of hydrogen-bond donors (Lipinski definition) is 0. The molecule has 0 saturated heterocycles. The Kier molecular flexibility index (Phi) is 4.23. The van der Waals surface area contributed by atoms with Crippen LogP contribution in [0, 0.1) is 0 Å².